The zero-order chi connectivity index (χ0) is 20.7. The first-order valence-electron chi connectivity index (χ1n) is 7.73. The van der Waals surface area contributed by atoms with E-state index in [0.29, 0.717) is 5.06 Å². The molecule has 0 spiro atoms. The quantitative estimate of drug-likeness (QED) is 0.683. The molecule has 0 N–H and O–H groups in total. The van der Waals surface area contributed by atoms with Crippen molar-refractivity contribution in [2.75, 3.05) is 12.5 Å². The van der Waals surface area contributed by atoms with Crippen LogP contribution in [0.15, 0.2) is 57.2 Å². The number of hydrogen-bond acceptors (Lipinski definition) is 7. The van der Waals surface area contributed by atoms with Crippen LogP contribution >= 0.6 is 0 Å². The van der Waals surface area contributed by atoms with Gasteiger partial charge in [0.25, 0.3) is 21.8 Å². The van der Waals surface area contributed by atoms with Gasteiger partial charge in [0.1, 0.15) is 0 Å². The summed E-state index contributed by atoms with van der Waals surface area (Å²) in [6, 6.07) is 10.6. The van der Waals surface area contributed by atoms with Gasteiger partial charge in [-0.2, -0.15) is 8.42 Å². The molecule has 9 nitrogen and oxygen atoms in total. The first-order chi connectivity index (χ1) is 13.0. The molecule has 0 saturated carbocycles. The van der Waals surface area contributed by atoms with Crippen LogP contribution in [0.25, 0.3) is 0 Å². The summed E-state index contributed by atoms with van der Waals surface area (Å²) in [5.74, 6) is -2.71. The van der Waals surface area contributed by atoms with E-state index in [0.717, 1.165) is 18.6 Å². The lowest BCUT2D eigenvalue weighted by molar-refractivity contribution is -0.0584. The van der Waals surface area contributed by atoms with Crippen LogP contribution in [0.2, 0.25) is 0 Å². The Morgan fingerprint density at radius 3 is 2.04 bits per heavy atom. The van der Waals surface area contributed by atoms with Crippen molar-refractivity contribution in [1.29, 1.82) is 0 Å². The molecule has 146 valence electrons. The number of sulfonamides is 1. The lowest BCUT2D eigenvalue weighted by Crippen LogP contribution is -2.32. The van der Waals surface area contributed by atoms with Crippen molar-refractivity contribution in [3.05, 3.63) is 65.2 Å². The van der Waals surface area contributed by atoms with E-state index in [2.05, 4.69) is 3.77 Å². The molecular weight excluding hydrogens is 408 g/mol. The van der Waals surface area contributed by atoms with E-state index in [1.54, 1.807) is 12.1 Å². The maximum Gasteiger partial charge on any atom is 0.363 e. The largest absolute Gasteiger partial charge is 0.363 e. The molecule has 0 radical (unpaired) electrons. The predicted octanol–water partition coefficient (Wildman–Crippen LogP) is 1.47. The molecule has 11 heteroatoms. The minimum Gasteiger partial charge on any atom is -0.324 e. The van der Waals surface area contributed by atoms with E-state index in [4.69, 9.17) is 4.84 Å². The number of hydrogen-bond donors (Lipinski definition) is 0. The third kappa shape index (κ3) is 3.80. The summed E-state index contributed by atoms with van der Waals surface area (Å²) in [5.41, 5.74) is -0.0429. The lowest BCUT2D eigenvalue weighted by atomic mass is 10.1. The molecule has 1 aliphatic heterocycles. The van der Waals surface area contributed by atoms with Gasteiger partial charge in [-0.1, -0.05) is 23.3 Å². The molecule has 0 fully saturated rings. The van der Waals surface area contributed by atoms with Gasteiger partial charge in [-0.15, -0.1) is 3.77 Å². The van der Waals surface area contributed by atoms with Crippen molar-refractivity contribution in [2.24, 2.45) is 3.77 Å². The zero-order valence-electron chi connectivity index (χ0n) is 14.7. The first-order valence-corrected chi connectivity index (χ1v) is 11.5. The molecule has 2 aromatic carbocycles. The standard InChI is InChI=1S/C17H14N2O7S2/c1-27(2,23)18-28(24,25)12-7-5-6-11(10-12)17(22)26-19-15(20)13-8-3-4-9-14(13)16(19)21/h3-10H,1-2H3. The van der Waals surface area contributed by atoms with E-state index in [9.17, 15) is 27.0 Å². The molecule has 28 heavy (non-hydrogen) atoms. The Balaban J connectivity index is 1.89. The topological polar surface area (TPSA) is 127 Å². The molecular formula is C17H14N2O7S2. The summed E-state index contributed by atoms with van der Waals surface area (Å²) >= 11 is 0. The molecule has 0 aromatic heterocycles. The number of rotatable bonds is 4. The smallest absolute Gasteiger partial charge is 0.324 e. The monoisotopic (exact) mass is 422 g/mol. The second kappa shape index (κ2) is 6.84. The highest BCUT2D eigenvalue weighted by Crippen LogP contribution is 2.24. The minimum atomic E-state index is -4.27. The lowest BCUT2D eigenvalue weighted by Gasteiger charge is -2.13. The van der Waals surface area contributed by atoms with Crippen molar-refractivity contribution in [2.45, 2.75) is 4.90 Å². The van der Waals surface area contributed by atoms with Crippen molar-refractivity contribution in [3.8, 4) is 0 Å². The number of nitrogens with zero attached hydrogens (tertiary/aromatic N) is 2. The summed E-state index contributed by atoms with van der Waals surface area (Å²) in [4.78, 5) is 41.4. The molecule has 1 heterocycles. The number of hydroxylamine groups is 2. The Morgan fingerprint density at radius 2 is 1.50 bits per heavy atom. The fourth-order valence-corrected chi connectivity index (χ4v) is 5.21. The number of fused-ring (bicyclic) bond motifs is 1. The van der Waals surface area contributed by atoms with Gasteiger partial charge in [0.15, 0.2) is 0 Å². The van der Waals surface area contributed by atoms with Crippen LogP contribution in [0.1, 0.15) is 31.1 Å². The second-order valence-corrected chi connectivity index (χ2v) is 10.5. The summed E-state index contributed by atoms with van der Waals surface area (Å²) in [6.07, 6.45) is 2.32. The van der Waals surface area contributed by atoms with Crippen LogP contribution in [-0.4, -0.2) is 48.0 Å². The molecule has 0 atom stereocenters. The number of benzene rings is 2. The molecule has 0 unspecified atom stereocenters. The van der Waals surface area contributed by atoms with Crippen LogP contribution in [0.5, 0.6) is 0 Å². The van der Waals surface area contributed by atoms with Gasteiger partial charge in [-0.25, -0.2) is 9.00 Å². The average molecular weight is 422 g/mol. The van der Waals surface area contributed by atoms with Crippen LogP contribution in [0.4, 0.5) is 0 Å². The average Bonchev–Trinajstić information content (AvgIpc) is 2.85. The van der Waals surface area contributed by atoms with Gasteiger partial charge in [0.05, 0.1) is 31.3 Å². The summed E-state index contributed by atoms with van der Waals surface area (Å²) in [5, 5.41) is 0.323. The SMILES string of the molecule is CS(C)(=O)=NS(=O)(=O)c1cccc(C(=O)ON2C(=O)c3ccccc3C2=O)c1. The zero-order valence-corrected chi connectivity index (χ0v) is 16.3. The maximum absolute atomic E-state index is 12.4. The van der Waals surface area contributed by atoms with Gasteiger partial charge >= 0.3 is 5.97 Å². The summed E-state index contributed by atoms with van der Waals surface area (Å²) in [7, 11) is -7.23. The minimum absolute atomic E-state index is 0.0936. The summed E-state index contributed by atoms with van der Waals surface area (Å²) < 4.78 is 39.4. The third-order valence-corrected chi connectivity index (χ3v) is 6.65. The van der Waals surface area contributed by atoms with Gasteiger partial charge < -0.3 is 4.84 Å². The van der Waals surface area contributed by atoms with E-state index < -0.39 is 37.5 Å². The first kappa shape index (κ1) is 19.7. The molecule has 0 saturated heterocycles. The maximum atomic E-state index is 12.4. The van der Waals surface area contributed by atoms with E-state index in [1.807, 2.05) is 0 Å². The Labute approximate surface area is 161 Å². The van der Waals surface area contributed by atoms with E-state index >= 15 is 0 Å². The van der Waals surface area contributed by atoms with E-state index in [1.165, 1.54) is 30.3 Å². The Hall–Kier alpha value is -3.05. The van der Waals surface area contributed by atoms with Crippen LogP contribution in [0, 0.1) is 0 Å². The van der Waals surface area contributed by atoms with Crippen LogP contribution < -0.4 is 0 Å². The van der Waals surface area contributed by atoms with Crippen molar-refractivity contribution >= 4 is 37.5 Å². The highest BCUT2D eigenvalue weighted by Gasteiger charge is 2.38. The number of carbonyl (C=O) groups is 3. The van der Waals surface area contributed by atoms with Crippen molar-refractivity contribution in [1.82, 2.24) is 5.06 Å². The summed E-state index contributed by atoms with van der Waals surface area (Å²) in [6.45, 7) is 0. The molecule has 2 amide bonds. The highest BCUT2D eigenvalue weighted by atomic mass is 32.3. The fraction of sp³-hybridized carbons (Fsp3) is 0.118. The van der Waals surface area contributed by atoms with Gasteiger partial charge in [0.2, 0.25) is 0 Å². The Bertz CT molecular complexity index is 1200. The van der Waals surface area contributed by atoms with Crippen LogP contribution in [0.3, 0.4) is 0 Å². The second-order valence-electron chi connectivity index (χ2n) is 6.09. The van der Waals surface area contributed by atoms with Crippen molar-refractivity contribution in [3.63, 3.8) is 0 Å². The number of amides is 2. The Morgan fingerprint density at radius 1 is 0.929 bits per heavy atom. The normalized spacial score (nSPS) is 14.0. The molecule has 1 aliphatic rings. The highest BCUT2D eigenvalue weighted by molar-refractivity contribution is 8.02. The van der Waals surface area contributed by atoms with E-state index in [-0.39, 0.29) is 21.6 Å². The molecule has 0 bridgehead atoms. The molecule has 0 aliphatic carbocycles. The Kier molecular flexibility index (Phi) is 4.81. The predicted molar refractivity (Wildman–Crippen MR) is 98.4 cm³/mol. The van der Waals surface area contributed by atoms with Gasteiger partial charge in [0, 0.05) is 12.5 Å². The van der Waals surface area contributed by atoms with Crippen molar-refractivity contribution < 1.29 is 31.8 Å². The van der Waals surface area contributed by atoms with Gasteiger partial charge in [-0.3, -0.25) is 9.59 Å². The third-order valence-electron chi connectivity index (χ3n) is 3.58. The number of imide groups is 1. The van der Waals surface area contributed by atoms with Crippen LogP contribution in [-0.2, 0) is 24.6 Å². The molecule has 3 rings (SSSR count). The number of carbonyl (C=O) groups excluding carboxylic acids is 3. The van der Waals surface area contributed by atoms with Gasteiger partial charge in [-0.05, 0) is 30.3 Å². The fourth-order valence-electron chi connectivity index (χ4n) is 2.45. The molecule has 2 aromatic rings.